The summed E-state index contributed by atoms with van der Waals surface area (Å²) in [4.78, 5) is 12.5. The molecule has 0 spiro atoms. The summed E-state index contributed by atoms with van der Waals surface area (Å²) in [5.41, 5.74) is 1.61. The minimum atomic E-state index is -0.187. The molecule has 7 nitrogen and oxygen atoms in total. The van der Waals surface area contributed by atoms with Crippen molar-refractivity contribution in [3.05, 3.63) is 53.9 Å². The van der Waals surface area contributed by atoms with Gasteiger partial charge in [-0.2, -0.15) is 4.52 Å². The molecule has 124 valence electrons. The van der Waals surface area contributed by atoms with E-state index in [-0.39, 0.29) is 18.4 Å². The Bertz CT molecular complexity index is 831. The first kappa shape index (κ1) is 15.9. The zero-order valence-corrected chi connectivity index (χ0v) is 13.6. The molecule has 1 atom stereocenters. The van der Waals surface area contributed by atoms with Crippen LogP contribution in [0.2, 0.25) is 0 Å². The van der Waals surface area contributed by atoms with Gasteiger partial charge in [0, 0.05) is 6.07 Å². The van der Waals surface area contributed by atoms with Crippen LogP contribution in [-0.2, 0) is 11.3 Å². The molecular formula is C17H19N5O2. The van der Waals surface area contributed by atoms with Crippen LogP contribution in [0.4, 0.5) is 0 Å². The summed E-state index contributed by atoms with van der Waals surface area (Å²) in [6, 6.07) is 13.2. The lowest BCUT2D eigenvalue weighted by atomic mass is 9.96. The van der Waals surface area contributed by atoms with Crippen LogP contribution in [0.3, 0.4) is 0 Å². The molecule has 2 aromatic heterocycles. The Morgan fingerprint density at radius 1 is 1.21 bits per heavy atom. The predicted octanol–water partition coefficient (Wildman–Crippen LogP) is 1.94. The lowest BCUT2D eigenvalue weighted by Crippen LogP contribution is -2.29. The van der Waals surface area contributed by atoms with Gasteiger partial charge in [-0.05, 0) is 18.1 Å². The van der Waals surface area contributed by atoms with Crippen molar-refractivity contribution in [1.29, 1.82) is 0 Å². The normalized spacial score (nSPS) is 12.1. The van der Waals surface area contributed by atoms with Gasteiger partial charge in [0.25, 0.3) is 0 Å². The number of nitrogens with zero attached hydrogens (tertiary/aromatic N) is 4. The van der Waals surface area contributed by atoms with Gasteiger partial charge in [0.05, 0.1) is 19.6 Å². The third kappa shape index (κ3) is 3.19. The molecule has 0 aliphatic heterocycles. The second kappa shape index (κ2) is 7.08. The number of nitrogens with one attached hydrogen (secondary N) is 1. The van der Waals surface area contributed by atoms with Crippen molar-refractivity contribution in [3.63, 3.8) is 0 Å². The van der Waals surface area contributed by atoms with E-state index in [4.69, 9.17) is 4.74 Å². The molecule has 0 saturated heterocycles. The van der Waals surface area contributed by atoms with Crippen molar-refractivity contribution < 1.29 is 9.53 Å². The molecule has 0 saturated carbocycles. The van der Waals surface area contributed by atoms with E-state index >= 15 is 0 Å². The van der Waals surface area contributed by atoms with Gasteiger partial charge in [0.2, 0.25) is 11.8 Å². The van der Waals surface area contributed by atoms with Gasteiger partial charge in [0.1, 0.15) is 0 Å². The Kier molecular flexibility index (Phi) is 4.69. The van der Waals surface area contributed by atoms with Gasteiger partial charge in [-0.3, -0.25) is 4.79 Å². The highest BCUT2D eigenvalue weighted by Crippen LogP contribution is 2.19. The van der Waals surface area contributed by atoms with Crippen molar-refractivity contribution in [2.45, 2.75) is 25.8 Å². The second-order valence-corrected chi connectivity index (χ2v) is 5.35. The van der Waals surface area contributed by atoms with E-state index in [2.05, 4.69) is 20.6 Å². The zero-order valence-electron chi connectivity index (χ0n) is 13.6. The third-order valence-corrected chi connectivity index (χ3v) is 3.86. The van der Waals surface area contributed by atoms with E-state index in [0.717, 1.165) is 12.0 Å². The third-order valence-electron chi connectivity index (χ3n) is 3.86. The number of ether oxygens (including phenoxy) is 1. The van der Waals surface area contributed by atoms with Crippen LogP contribution in [0.25, 0.3) is 5.65 Å². The summed E-state index contributed by atoms with van der Waals surface area (Å²) >= 11 is 0. The molecule has 3 aromatic rings. The van der Waals surface area contributed by atoms with Crippen LogP contribution in [0.1, 0.15) is 30.7 Å². The summed E-state index contributed by atoms with van der Waals surface area (Å²) in [6.45, 7) is 2.25. The van der Waals surface area contributed by atoms with Crippen LogP contribution >= 0.6 is 0 Å². The highest BCUT2D eigenvalue weighted by atomic mass is 16.5. The number of fused-ring (bicyclic) bond motifs is 1. The molecule has 1 N–H and O–H groups in total. The fourth-order valence-corrected chi connectivity index (χ4v) is 2.58. The zero-order chi connectivity index (χ0) is 16.9. The van der Waals surface area contributed by atoms with Crippen LogP contribution in [0.5, 0.6) is 5.88 Å². The number of hydrogen-bond donors (Lipinski definition) is 1. The van der Waals surface area contributed by atoms with Crippen LogP contribution < -0.4 is 10.1 Å². The van der Waals surface area contributed by atoms with Gasteiger partial charge in [-0.15, -0.1) is 15.3 Å². The van der Waals surface area contributed by atoms with Crippen molar-refractivity contribution in [1.82, 2.24) is 25.1 Å². The second-order valence-electron chi connectivity index (χ2n) is 5.35. The molecule has 1 amide bonds. The average molecular weight is 325 g/mol. The van der Waals surface area contributed by atoms with Gasteiger partial charge in [-0.25, -0.2) is 0 Å². The lowest BCUT2D eigenvalue weighted by Gasteiger charge is -2.14. The van der Waals surface area contributed by atoms with Crippen molar-refractivity contribution in [2.75, 3.05) is 7.11 Å². The minimum Gasteiger partial charge on any atom is -0.480 e. The number of carbonyl (C=O) groups excluding carboxylic acids is 1. The molecule has 1 aromatic carbocycles. The number of hydrogen-bond acceptors (Lipinski definition) is 5. The van der Waals surface area contributed by atoms with Crippen molar-refractivity contribution in [2.24, 2.45) is 0 Å². The SMILES string of the molecule is CC[C@@H](C(=O)NCc1nnc2ccc(OC)nn12)c1ccccc1. The Morgan fingerprint density at radius 2 is 2.00 bits per heavy atom. The fraction of sp³-hybridized carbons (Fsp3) is 0.294. The fourth-order valence-electron chi connectivity index (χ4n) is 2.58. The smallest absolute Gasteiger partial charge is 0.231 e. The first-order valence-corrected chi connectivity index (χ1v) is 7.81. The molecule has 7 heteroatoms. The molecule has 0 bridgehead atoms. The topological polar surface area (TPSA) is 81.4 Å². The summed E-state index contributed by atoms with van der Waals surface area (Å²) in [5, 5.41) is 15.3. The molecular weight excluding hydrogens is 306 g/mol. The van der Waals surface area contributed by atoms with E-state index in [9.17, 15) is 4.79 Å². The number of amides is 1. The molecule has 0 aliphatic carbocycles. The number of methoxy groups -OCH3 is 1. The molecule has 2 heterocycles. The van der Waals surface area contributed by atoms with Crippen molar-refractivity contribution >= 4 is 11.6 Å². The van der Waals surface area contributed by atoms with E-state index in [0.29, 0.717) is 17.4 Å². The van der Waals surface area contributed by atoms with Crippen LogP contribution in [-0.4, -0.2) is 32.8 Å². The Hall–Kier alpha value is -2.96. The molecule has 24 heavy (non-hydrogen) atoms. The molecule has 0 unspecified atom stereocenters. The van der Waals surface area contributed by atoms with E-state index in [1.165, 1.54) is 0 Å². The van der Waals surface area contributed by atoms with Gasteiger partial charge in [-0.1, -0.05) is 37.3 Å². The summed E-state index contributed by atoms with van der Waals surface area (Å²) in [6.07, 6.45) is 0.725. The van der Waals surface area contributed by atoms with E-state index in [1.54, 1.807) is 23.8 Å². The van der Waals surface area contributed by atoms with Crippen LogP contribution in [0, 0.1) is 0 Å². The monoisotopic (exact) mass is 325 g/mol. The molecule has 0 fully saturated rings. The number of carbonyl (C=O) groups is 1. The first-order chi connectivity index (χ1) is 11.7. The average Bonchev–Trinajstić information content (AvgIpc) is 3.03. The van der Waals surface area contributed by atoms with Gasteiger partial charge >= 0.3 is 0 Å². The van der Waals surface area contributed by atoms with E-state index in [1.807, 2.05) is 37.3 Å². The minimum absolute atomic E-state index is 0.0386. The molecule has 0 aliphatic rings. The standard InChI is InChI=1S/C17H19N5O2/c1-3-13(12-7-5-4-6-8-12)17(23)18-11-15-20-19-14-9-10-16(24-2)21-22(14)15/h4-10,13H,3,11H2,1-2H3,(H,18,23)/t13-/m1/s1. The Morgan fingerprint density at radius 3 is 2.71 bits per heavy atom. The number of aromatic nitrogens is 4. The summed E-state index contributed by atoms with van der Waals surface area (Å²) in [7, 11) is 1.55. The number of benzene rings is 1. The Balaban J connectivity index is 1.74. The van der Waals surface area contributed by atoms with Gasteiger partial charge < -0.3 is 10.1 Å². The van der Waals surface area contributed by atoms with E-state index < -0.39 is 0 Å². The largest absolute Gasteiger partial charge is 0.480 e. The van der Waals surface area contributed by atoms with Crippen LogP contribution in [0.15, 0.2) is 42.5 Å². The van der Waals surface area contributed by atoms with Gasteiger partial charge in [0.15, 0.2) is 11.5 Å². The first-order valence-electron chi connectivity index (χ1n) is 7.81. The quantitative estimate of drug-likeness (QED) is 0.749. The lowest BCUT2D eigenvalue weighted by molar-refractivity contribution is -0.122. The predicted molar refractivity (Wildman–Crippen MR) is 88.7 cm³/mol. The maximum atomic E-state index is 12.5. The number of rotatable bonds is 6. The molecule has 3 rings (SSSR count). The maximum Gasteiger partial charge on any atom is 0.231 e. The summed E-state index contributed by atoms with van der Waals surface area (Å²) < 4.78 is 6.68. The van der Waals surface area contributed by atoms with Crippen molar-refractivity contribution in [3.8, 4) is 5.88 Å². The maximum absolute atomic E-state index is 12.5. The Labute approximate surface area is 139 Å². The summed E-state index contributed by atoms with van der Waals surface area (Å²) in [5.74, 6) is 0.794. The molecule has 0 radical (unpaired) electrons. The highest BCUT2D eigenvalue weighted by molar-refractivity contribution is 5.83. The highest BCUT2D eigenvalue weighted by Gasteiger charge is 2.19.